The Morgan fingerprint density at radius 3 is 1.46 bits per heavy atom. The molecule has 28 nitrogen and oxygen atoms in total. The number of aromatic nitrogens is 4. The van der Waals surface area contributed by atoms with Crippen LogP contribution in [0.2, 0.25) is 0 Å². The van der Waals surface area contributed by atoms with Gasteiger partial charge in [-0.1, -0.05) is 0 Å². The van der Waals surface area contributed by atoms with E-state index in [1.54, 1.807) is 4.98 Å². The summed E-state index contributed by atoms with van der Waals surface area (Å²) in [5, 5.41) is 96.1. The third-order valence-corrected chi connectivity index (χ3v) is 6.49. The molecule has 0 amide bonds. The average molecular weight is 670 g/mol. The van der Waals surface area contributed by atoms with Crippen LogP contribution < -0.4 is 0 Å². The Kier molecular flexibility index (Phi) is 7.00. The zero-order chi connectivity index (χ0) is 35.5. The Hall–Kier alpha value is -8.20. The molecule has 1 N–H and O–H groups in total. The van der Waals surface area contributed by atoms with Crippen LogP contribution in [-0.4, -0.2) is 59.1 Å². The van der Waals surface area contributed by atoms with Gasteiger partial charge in [0.1, 0.15) is 0 Å². The molecule has 3 aromatic heterocycles. The van der Waals surface area contributed by atoms with E-state index in [0.717, 1.165) is 18.2 Å². The highest BCUT2D eigenvalue weighted by Crippen LogP contribution is 2.49. The molecular formula is C20H6N12O16. The van der Waals surface area contributed by atoms with Crippen molar-refractivity contribution in [3.63, 3.8) is 0 Å². The van der Waals surface area contributed by atoms with Crippen molar-refractivity contribution in [2.75, 3.05) is 0 Å². The summed E-state index contributed by atoms with van der Waals surface area (Å²) >= 11 is 0. The molecular weight excluding hydrogens is 664 g/mol. The van der Waals surface area contributed by atoms with Crippen molar-refractivity contribution in [1.29, 1.82) is 0 Å². The first-order valence-electron chi connectivity index (χ1n) is 11.9. The van der Waals surface area contributed by atoms with E-state index in [-0.39, 0.29) is 5.69 Å². The standard InChI is InChI=1S/C20H6N12O16/c33-25(34)9-5-8-3-6-1-2-7(21-6)4-10-14(26(35)36)20(31(45)46)19(24(10)32(47)48)18(30(43)44)13-17(29(41)42)16(28(39)40)12(23-13)15(27(37)38)11(9)22-8/h1-5,23H. The lowest BCUT2D eigenvalue weighted by molar-refractivity contribution is -0.534. The van der Waals surface area contributed by atoms with Gasteiger partial charge in [-0.2, -0.15) is 0 Å². The highest BCUT2D eigenvalue weighted by molar-refractivity contribution is 6.05. The Morgan fingerprint density at radius 2 is 1.00 bits per heavy atom. The van der Waals surface area contributed by atoms with E-state index in [9.17, 15) is 80.9 Å². The first-order valence-corrected chi connectivity index (χ1v) is 11.9. The fourth-order valence-electron chi connectivity index (χ4n) is 4.85. The molecule has 0 saturated heterocycles. The zero-order valence-corrected chi connectivity index (χ0v) is 22.3. The molecule has 0 aliphatic carbocycles. The number of nitro groups is 8. The summed E-state index contributed by atoms with van der Waals surface area (Å²) < 4.78 is -0.568. The second kappa shape index (κ2) is 10.8. The fraction of sp³-hybridized carbons (Fsp3) is 0. The van der Waals surface area contributed by atoms with Crippen LogP contribution in [0.4, 0.5) is 34.1 Å². The molecule has 5 heterocycles. The molecule has 0 fully saturated rings. The summed E-state index contributed by atoms with van der Waals surface area (Å²) in [4.78, 5) is 95.9. The van der Waals surface area contributed by atoms with E-state index in [0.29, 0.717) is 12.1 Å². The maximum absolute atomic E-state index is 12.5. The van der Waals surface area contributed by atoms with Crippen LogP contribution in [0.15, 0.2) is 12.1 Å². The smallest absolute Gasteiger partial charge is 0.332 e. The first kappa shape index (κ1) is 31.2. The number of hydrogen-bond donors (Lipinski definition) is 1. The van der Waals surface area contributed by atoms with E-state index in [1.807, 2.05) is 0 Å². The maximum Gasteiger partial charge on any atom is 0.385 e. The van der Waals surface area contributed by atoms with Crippen molar-refractivity contribution < 1.29 is 39.5 Å². The monoisotopic (exact) mass is 670 g/mol. The van der Waals surface area contributed by atoms with Crippen LogP contribution in [0.5, 0.6) is 0 Å². The number of fused-ring (bicyclic) bond motifs is 8. The van der Waals surface area contributed by atoms with E-state index in [2.05, 4.69) is 9.97 Å². The van der Waals surface area contributed by atoms with Gasteiger partial charge in [0, 0.05) is 12.1 Å². The predicted octanol–water partition coefficient (Wildman–Crippen LogP) is 3.22. The zero-order valence-electron chi connectivity index (χ0n) is 22.3. The quantitative estimate of drug-likeness (QED) is 0.207. The second-order valence-corrected chi connectivity index (χ2v) is 9.05. The van der Waals surface area contributed by atoms with E-state index in [1.165, 1.54) is 0 Å². The molecule has 48 heavy (non-hydrogen) atoms. The molecule has 0 atom stereocenters. The molecule has 2 aliphatic rings. The number of hydrogen-bond acceptors (Lipinski definition) is 18. The molecule has 2 aliphatic heterocycles. The van der Waals surface area contributed by atoms with Crippen molar-refractivity contribution in [2.24, 2.45) is 0 Å². The van der Waals surface area contributed by atoms with Crippen LogP contribution in [0.3, 0.4) is 0 Å². The summed E-state index contributed by atoms with van der Waals surface area (Å²) in [7, 11) is 0. The van der Waals surface area contributed by atoms with E-state index >= 15 is 0 Å². The molecule has 242 valence electrons. The van der Waals surface area contributed by atoms with Gasteiger partial charge in [0.05, 0.1) is 51.5 Å². The Bertz CT molecular complexity index is 2390. The molecule has 0 aromatic carbocycles. The summed E-state index contributed by atoms with van der Waals surface area (Å²) in [6.45, 7) is 0. The lowest BCUT2D eigenvalue weighted by atomic mass is 10.2. The molecule has 0 saturated carbocycles. The lowest BCUT2D eigenvalue weighted by Crippen LogP contribution is -2.09. The van der Waals surface area contributed by atoms with Gasteiger partial charge in [0.25, 0.3) is 5.52 Å². The van der Waals surface area contributed by atoms with Crippen molar-refractivity contribution in [3.05, 3.63) is 116 Å². The van der Waals surface area contributed by atoms with Crippen LogP contribution in [0, 0.1) is 80.9 Å². The van der Waals surface area contributed by atoms with Gasteiger partial charge in [-0.25, -0.2) is 20.1 Å². The van der Waals surface area contributed by atoms with Crippen molar-refractivity contribution in [2.45, 2.75) is 0 Å². The molecule has 8 bridgehead atoms. The average Bonchev–Trinajstić information content (AvgIpc) is 3.73. The third kappa shape index (κ3) is 4.66. The van der Waals surface area contributed by atoms with Gasteiger partial charge >= 0.3 is 39.8 Å². The van der Waals surface area contributed by atoms with Crippen molar-refractivity contribution in [3.8, 4) is 0 Å². The number of rotatable bonds is 8. The van der Waals surface area contributed by atoms with Gasteiger partial charge in [0.15, 0.2) is 10.5 Å². The molecule has 28 heteroatoms. The van der Waals surface area contributed by atoms with E-state index < -0.39 is 123 Å². The molecule has 0 radical (unpaired) electrons. The van der Waals surface area contributed by atoms with Crippen LogP contribution in [0.1, 0.15) is 22.8 Å². The van der Waals surface area contributed by atoms with Crippen molar-refractivity contribution >= 4 is 80.1 Å². The normalized spacial score (nSPS) is 11.9. The number of nitrogens with zero attached hydrogens (tertiary/aromatic N) is 11. The Balaban J connectivity index is 2.35. The highest BCUT2D eigenvalue weighted by atomic mass is 16.7. The van der Waals surface area contributed by atoms with Crippen molar-refractivity contribution in [1.82, 2.24) is 19.6 Å². The minimum atomic E-state index is -2.15. The summed E-state index contributed by atoms with van der Waals surface area (Å²) in [5.74, 6) is 0. The van der Waals surface area contributed by atoms with Crippen LogP contribution in [-0.2, 0) is 0 Å². The molecule has 5 rings (SSSR count). The predicted molar refractivity (Wildman–Crippen MR) is 151 cm³/mol. The lowest BCUT2D eigenvalue weighted by Gasteiger charge is -1.96. The van der Waals surface area contributed by atoms with Gasteiger partial charge in [0.2, 0.25) is 16.7 Å². The minimum Gasteiger partial charge on any atom is -0.332 e. The minimum absolute atomic E-state index is 0.215. The Morgan fingerprint density at radius 1 is 0.521 bits per heavy atom. The Labute approximate surface area is 255 Å². The number of aromatic amines is 1. The SMILES string of the molecule is O=[N+]([O-])C1=Cc2cc3nc(cc4c([N+](=O)[O-])c([N+](=O)[O-])c(c([N+](=O)[O-])c5[nH]c(c([N+](=O)[O-])c1n2)c([N+](=O)[O-])c5[N+](=O)[O-])n4[N+](=O)[O-])C=C3. The molecule has 0 unspecified atom stereocenters. The summed E-state index contributed by atoms with van der Waals surface area (Å²) in [6, 6.07) is 1.43. The molecule has 3 aromatic rings. The number of nitrogens with one attached hydrogen (secondary N) is 1. The van der Waals surface area contributed by atoms with Gasteiger partial charge < -0.3 is 4.98 Å². The largest absolute Gasteiger partial charge is 0.385 e. The van der Waals surface area contributed by atoms with Gasteiger partial charge in [-0.3, -0.25) is 70.8 Å². The maximum atomic E-state index is 12.5. The van der Waals surface area contributed by atoms with E-state index in [4.69, 9.17) is 0 Å². The highest BCUT2D eigenvalue weighted by Gasteiger charge is 2.48. The summed E-state index contributed by atoms with van der Waals surface area (Å²) in [5.41, 5.74) is -22.1. The van der Waals surface area contributed by atoms with Gasteiger partial charge in [-0.05, 0) is 22.9 Å². The summed E-state index contributed by atoms with van der Waals surface area (Å²) in [6.07, 6.45) is 2.75. The van der Waals surface area contributed by atoms with Gasteiger partial charge in [-0.15, -0.1) is 0 Å². The van der Waals surface area contributed by atoms with Crippen LogP contribution in [0.25, 0.3) is 46.0 Å². The molecule has 0 spiro atoms. The van der Waals surface area contributed by atoms with Crippen LogP contribution >= 0.6 is 0 Å². The third-order valence-electron chi connectivity index (χ3n) is 6.49. The first-order chi connectivity index (χ1) is 22.5. The topological polar surface area (TPSA) is 392 Å². The second-order valence-electron chi connectivity index (χ2n) is 9.05. The number of H-pyrrole nitrogens is 1. The fourth-order valence-corrected chi connectivity index (χ4v) is 4.85.